The average Bonchev–Trinajstić information content (AvgIpc) is 2.88. The predicted molar refractivity (Wildman–Crippen MR) is 64.1 cm³/mol. The molecular weight excluding hydrogens is 198 g/mol. The molecule has 2 fully saturated rings. The maximum absolute atomic E-state index is 9.94. The largest absolute Gasteiger partial charge is 0.391 e. The van der Waals surface area contributed by atoms with Crippen LogP contribution in [0.15, 0.2) is 30.3 Å². The first-order valence-corrected chi connectivity index (χ1v) is 6.24. The molecule has 4 atom stereocenters. The first-order chi connectivity index (χ1) is 7.75. The van der Waals surface area contributed by atoms with Gasteiger partial charge in [-0.15, -0.1) is 0 Å². The third-order valence-corrected chi connectivity index (χ3v) is 4.27. The second-order valence-corrected chi connectivity index (χ2v) is 5.26. The Hall–Kier alpha value is -0.860. The van der Waals surface area contributed by atoms with Gasteiger partial charge in [0.2, 0.25) is 0 Å². The first kappa shape index (κ1) is 10.3. The van der Waals surface area contributed by atoms with E-state index in [-0.39, 0.29) is 6.10 Å². The lowest BCUT2D eigenvalue weighted by atomic mass is 10.0. The highest BCUT2D eigenvalue weighted by Crippen LogP contribution is 2.41. The van der Waals surface area contributed by atoms with E-state index in [4.69, 9.17) is 0 Å². The lowest BCUT2D eigenvalue weighted by Gasteiger charge is -2.35. The van der Waals surface area contributed by atoms with Gasteiger partial charge < -0.3 is 5.11 Å². The van der Waals surface area contributed by atoms with E-state index in [9.17, 15) is 5.11 Å². The van der Waals surface area contributed by atoms with Crippen molar-refractivity contribution in [1.82, 2.24) is 4.90 Å². The smallest absolute Gasteiger partial charge is 0.0698 e. The van der Waals surface area contributed by atoms with E-state index in [0.717, 1.165) is 18.9 Å². The Morgan fingerprint density at radius 1 is 1.25 bits per heavy atom. The molecule has 2 aliphatic rings. The molecule has 1 aliphatic heterocycles. The molecule has 2 bridgehead atoms. The Balaban J connectivity index is 1.79. The molecule has 3 rings (SSSR count). The van der Waals surface area contributed by atoms with E-state index in [1.807, 2.05) is 0 Å². The topological polar surface area (TPSA) is 23.5 Å². The van der Waals surface area contributed by atoms with Crippen LogP contribution in [0.2, 0.25) is 0 Å². The zero-order chi connectivity index (χ0) is 11.1. The minimum atomic E-state index is -0.0927. The third kappa shape index (κ3) is 1.57. The number of aliphatic hydroxyl groups is 1. The summed E-state index contributed by atoms with van der Waals surface area (Å²) in [6.45, 7) is 3.42. The number of fused-ring (bicyclic) bond motifs is 2. The summed E-state index contributed by atoms with van der Waals surface area (Å²) < 4.78 is 0. The van der Waals surface area contributed by atoms with Gasteiger partial charge in [-0.2, -0.15) is 0 Å². The first-order valence-electron chi connectivity index (χ1n) is 6.24. The van der Waals surface area contributed by atoms with E-state index in [1.54, 1.807) is 0 Å². The van der Waals surface area contributed by atoms with Crippen LogP contribution in [-0.4, -0.2) is 28.7 Å². The molecule has 0 aromatic heterocycles. The Morgan fingerprint density at radius 3 is 2.62 bits per heavy atom. The van der Waals surface area contributed by atoms with Gasteiger partial charge in [0.1, 0.15) is 0 Å². The minimum absolute atomic E-state index is 0.0927. The summed E-state index contributed by atoms with van der Waals surface area (Å²) in [5, 5.41) is 9.94. The van der Waals surface area contributed by atoms with E-state index in [2.05, 4.69) is 42.2 Å². The number of hydrogen-bond donors (Lipinski definition) is 1. The highest BCUT2D eigenvalue weighted by Gasteiger charge is 2.45. The molecule has 86 valence electrons. The Kier molecular flexibility index (Phi) is 2.49. The maximum Gasteiger partial charge on any atom is 0.0698 e. The molecule has 1 N–H and O–H groups in total. The van der Waals surface area contributed by atoms with Crippen molar-refractivity contribution < 1.29 is 5.11 Å². The fourth-order valence-electron chi connectivity index (χ4n) is 3.40. The molecule has 16 heavy (non-hydrogen) atoms. The number of benzene rings is 1. The SMILES string of the molecule is C[C@@H](c1ccccc1)N1C[C@H]2CC(O)[C@@H]1C2. The Bertz CT molecular complexity index is 364. The Labute approximate surface area is 96.9 Å². The summed E-state index contributed by atoms with van der Waals surface area (Å²) in [6.07, 6.45) is 2.12. The van der Waals surface area contributed by atoms with E-state index >= 15 is 0 Å². The van der Waals surface area contributed by atoms with E-state index in [0.29, 0.717) is 12.1 Å². The van der Waals surface area contributed by atoms with Gasteiger partial charge in [-0.05, 0) is 31.2 Å². The highest BCUT2D eigenvalue weighted by molar-refractivity contribution is 5.19. The van der Waals surface area contributed by atoms with E-state index < -0.39 is 0 Å². The molecule has 2 heteroatoms. The van der Waals surface area contributed by atoms with Crippen LogP contribution in [-0.2, 0) is 0 Å². The molecule has 1 saturated carbocycles. The zero-order valence-corrected chi connectivity index (χ0v) is 9.71. The van der Waals surface area contributed by atoms with Crippen LogP contribution < -0.4 is 0 Å². The quantitative estimate of drug-likeness (QED) is 0.821. The fraction of sp³-hybridized carbons (Fsp3) is 0.571. The van der Waals surface area contributed by atoms with E-state index in [1.165, 1.54) is 12.0 Å². The van der Waals surface area contributed by atoms with Crippen LogP contribution in [0.25, 0.3) is 0 Å². The van der Waals surface area contributed by atoms with Crippen LogP contribution in [0.3, 0.4) is 0 Å². The summed E-state index contributed by atoms with van der Waals surface area (Å²) in [5.41, 5.74) is 1.36. The second kappa shape index (κ2) is 3.86. The molecule has 1 saturated heterocycles. The molecule has 1 aromatic rings. The molecule has 0 spiro atoms. The van der Waals surface area contributed by atoms with Crippen molar-refractivity contribution >= 4 is 0 Å². The minimum Gasteiger partial charge on any atom is -0.391 e. The molecular formula is C14H19NO. The number of hydrogen-bond acceptors (Lipinski definition) is 2. The van der Waals surface area contributed by atoms with Gasteiger partial charge in [0, 0.05) is 18.6 Å². The van der Waals surface area contributed by atoms with Gasteiger partial charge in [-0.1, -0.05) is 30.3 Å². The van der Waals surface area contributed by atoms with Crippen LogP contribution in [0.5, 0.6) is 0 Å². The molecule has 1 heterocycles. The number of piperidine rings is 1. The third-order valence-electron chi connectivity index (χ3n) is 4.27. The van der Waals surface area contributed by atoms with Gasteiger partial charge >= 0.3 is 0 Å². The van der Waals surface area contributed by atoms with Crippen LogP contribution in [0.1, 0.15) is 31.4 Å². The van der Waals surface area contributed by atoms with Crippen molar-refractivity contribution in [3.8, 4) is 0 Å². The van der Waals surface area contributed by atoms with Crippen molar-refractivity contribution in [2.24, 2.45) is 5.92 Å². The van der Waals surface area contributed by atoms with Gasteiger partial charge in [0.05, 0.1) is 6.10 Å². The second-order valence-electron chi connectivity index (χ2n) is 5.26. The van der Waals surface area contributed by atoms with Crippen molar-refractivity contribution in [3.63, 3.8) is 0 Å². The highest BCUT2D eigenvalue weighted by atomic mass is 16.3. The Morgan fingerprint density at radius 2 is 2.00 bits per heavy atom. The molecule has 0 amide bonds. The lowest BCUT2D eigenvalue weighted by Crippen LogP contribution is -2.42. The summed E-state index contributed by atoms with van der Waals surface area (Å²) in [5.74, 6) is 0.728. The van der Waals surface area contributed by atoms with Crippen molar-refractivity contribution in [2.75, 3.05) is 6.54 Å². The molecule has 0 radical (unpaired) electrons. The molecule has 2 nitrogen and oxygen atoms in total. The van der Waals surface area contributed by atoms with Crippen LogP contribution >= 0.6 is 0 Å². The summed E-state index contributed by atoms with van der Waals surface area (Å²) in [6, 6.07) is 11.5. The standard InChI is InChI=1S/C14H19NO/c1-10(12-5-3-2-4-6-12)15-9-11-7-13(15)14(16)8-11/h2-6,10-11,13-14,16H,7-9H2,1H3/t10-,11+,13-,14?/m0/s1. The fourth-order valence-corrected chi connectivity index (χ4v) is 3.40. The normalized spacial score (nSPS) is 35.5. The van der Waals surface area contributed by atoms with Gasteiger partial charge in [0.25, 0.3) is 0 Å². The van der Waals surface area contributed by atoms with Crippen LogP contribution in [0.4, 0.5) is 0 Å². The molecule has 1 unspecified atom stereocenters. The van der Waals surface area contributed by atoms with Crippen molar-refractivity contribution in [2.45, 2.75) is 38.0 Å². The number of likely N-dealkylation sites (tertiary alicyclic amines) is 1. The summed E-state index contributed by atoms with van der Waals surface area (Å²) in [7, 11) is 0. The molecule has 1 aliphatic carbocycles. The summed E-state index contributed by atoms with van der Waals surface area (Å²) >= 11 is 0. The van der Waals surface area contributed by atoms with Gasteiger partial charge in [-0.3, -0.25) is 4.90 Å². The average molecular weight is 217 g/mol. The van der Waals surface area contributed by atoms with Crippen molar-refractivity contribution in [1.29, 1.82) is 0 Å². The van der Waals surface area contributed by atoms with Crippen LogP contribution in [0, 0.1) is 5.92 Å². The number of nitrogens with zero attached hydrogens (tertiary/aromatic N) is 1. The monoisotopic (exact) mass is 217 g/mol. The lowest BCUT2D eigenvalue weighted by molar-refractivity contribution is 0.0361. The maximum atomic E-state index is 9.94. The summed E-state index contributed by atoms with van der Waals surface area (Å²) in [4.78, 5) is 2.48. The van der Waals surface area contributed by atoms with Gasteiger partial charge in [0.15, 0.2) is 0 Å². The zero-order valence-electron chi connectivity index (χ0n) is 9.71. The molecule has 1 aromatic carbocycles. The number of aliphatic hydroxyl groups excluding tert-OH is 1. The van der Waals surface area contributed by atoms with Crippen molar-refractivity contribution in [3.05, 3.63) is 35.9 Å². The predicted octanol–water partition coefficient (Wildman–Crippen LogP) is 2.20. The number of rotatable bonds is 2. The van der Waals surface area contributed by atoms with Gasteiger partial charge in [-0.25, -0.2) is 0 Å².